The van der Waals surface area contributed by atoms with Crippen LogP contribution >= 0.6 is 0 Å². The zero-order chi connectivity index (χ0) is 15.0. The van der Waals surface area contributed by atoms with Gasteiger partial charge in [0.2, 0.25) is 10.0 Å². The van der Waals surface area contributed by atoms with Crippen LogP contribution in [-0.4, -0.2) is 27.0 Å². The van der Waals surface area contributed by atoms with E-state index >= 15 is 0 Å². The van der Waals surface area contributed by atoms with Crippen molar-refractivity contribution in [1.82, 2.24) is 4.72 Å². The van der Waals surface area contributed by atoms with E-state index in [9.17, 15) is 13.2 Å². The molecule has 1 heterocycles. The summed E-state index contributed by atoms with van der Waals surface area (Å²) in [4.78, 5) is 11.5. The molecule has 1 N–H and O–H groups in total. The van der Waals surface area contributed by atoms with E-state index in [2.05, 4.69) is 25.5 Å². The van der Waals surface area contributed by atoms with Crippen molar-refractivity contribution < 1.29 is 17.9 Å². The number of nitrogens with one attached hydrogen (secondary N) is 1. The molecule has 2 rings (SSSR count). The van der Waals surface area contributed by atoms with Crippen LogP contribution in [-0.2, 0) is 25.0 Å². The van der Waals surface area contributed by atoms with E-state index < -0.39 is 22.0 Å². The van der Waals surface area contributed by atoms with E-state index in [0.717, 1.165) is 5.56 Å². The Hall–Kier alpha value is -1.40. The largest absolute Gasteiger partial charge is 0.464 e. The van der Waals surface area contributed by atoms with Gasteiger partial charge in [-0.1, -0.05) is 32.9 Å². The first kappa shape index (κ1) is 15.0. The second-order valence-electron chi connectivity index (χ2n) is 5.90. The highest BCUT2D eigenvalue weighted by atomic mass is 32.2. The summed E-state index contributed by atoms with van der Waals surface area (Å²) < 4.78 is 31.5. The van der Waals surface area contributed by atoms with Crippen molar-refractivity contribution >= 4 is 16.0 Å². The highest BCUT2D eigenvalue weighted by molar-refractivity contribution is 7.89. The molecule has 20 heavy (non-hydrogen) atoms. The molecule has 1 fully saturated rings. The average molecular weight is 297 g/mol. The molecule has 1 aromatic carbocycles. The minimum atomic E-state index is -3.69. The lowest BCUT2D eigenvalue weighted by Gasteiger charge is -2.19. The maximum Gasteiger partial charge on any atom is 0.324 e. The lowest BCUT2D eigenvalue weighted by Crippen LogP contribution is -2.37. The van der Waals surface area contributed by atoms with Gasteiger partial charge in [0.05, 0.1) is 11.5 Å². The van der Waals surface area contributed by atoms with Gasteiger partial charge in [-0.05, 0) is 23.1 Å². The normalized spacial score (nSPS) is 19.9. The standard InChI is InChI=1S/C14H19NO4S/c1-14(2,3)10-4-6-11(7-5-10)20(17,18)15-12-8-9-19-13(12)16/h4-7,12,15H,8-9H2,1-3H3/t12-/m0/s1. The molecule has 1 aromatic rings. The minimum absolute atomic E-state index is 0.0367. The number of esters is 1. The number of cyclic esters (lactones) is 1. The topological polar surface area (TPSA) is 72.5 Å². The van der Waals surface area contributed by atoms with Gasteiger partial charge in [0.15, 0.2) is 0 Å². The molecule has 1 aliphatic heterocycles. The van der Waals surface area contributed by atoms with Crippen LogP contribution in [0.1, 0.15) is 32.8 Å². The Balaban J connectivity index is 2.19. The first-order valence-corrected chi connectivity index (χ1v) is 7.98. The van der Waals surface area contributed by atoms with Gasteiger partial charge in [-0.2, -0.15) is 4.72 Å². The van der Waals surface area contributed by atoms with E-state index in [1.54, 1.807) is 24.3 Å². The molecule has 0 aromatic heterocycles. The molecular weight excluding hydrogens is 278 g/mol. The molecule has 0 unspecified atom stereocenters. The Morgan fingerprint density at radius 1 is 1.20 bits per heavy atom. The minimum Gasteiger partial charge on any atom is -0.464 e. The van der Waals surface area contributed by atoms with Crippen molar-refractivity contribution in [3.8, 4) is 0 Å². The van der Waals surface area contributed by atoms with Gasteiger partial charge in [0.25, 0.3) is 0 Å². The average Bonchev–Trinajstić information content (AvgIpc) is 2.73. The lowest BCUT2D eigenvalue weighted by molar-refractivity contribution is -0.139. The maximum atomic E-state index is 12.2. The number of hydrogen-bond acceptors (Lipinski definition) is 4. The SMILES string of the molecule is CC(C)(C)c1ccc(S(=O)(=O)N[C@H]2CCOC2=O)cc1. The van der Waals surface area contributed by atoms with Gasteiger partial charge in [0, 0.05) is 6.42 Å². The third-order valence-corrected chi connectivity index (χ3v) is 4.75. The van der Waals surface area contributed by atoms with E-state index in [-0.39, 0.29) is 16.9 Å². The molecule has 0 saturated carbocycles. The highest BCUT2D eigenvalue weighted by Crippen LogP contribution is 2.23. The Bertz CT molecular complexity index is 599. The zero-order valence-corrected chi connectivity index (χ0v) is 12.7. The van der Waals surface area contributed by atoms with Crippen LogP contribution in [0, 0.1) is 0 Å². The van der Waals surface area contributed by atoms with E-state index in [4.69, 9.17) is 4.74 Å². The van der Waals surface area contributed by atoms with Crippen LogP contribution in [0.3, 0.4) is 0 Å². The monoisotopic (exact) mass is 297 g/mol. The Morgan fingerprint density at radius 2 is 1.80 bits per heavy atom. The van der Waals surface area contributed by atoms with Gasteiger partial charge in [-0.15, -0.1) is 0 Å². The fourth-order valence-corrected chi connectivity index (χ4v) is 3.21. The Kier molecular flexibility index (Phi) is 3.88. The molecule has 0 spiro atoms. The maximum absolute atomic E-state index is 12.2. The number of ether oxygens (including phenoxy) is 1. The molecular formula is C14H19NO4S. The summed E-state index contributed by atoms with van der Waals surface area (Å²) >= 11 is 0. The Labute approximate surface area is 119 Å². The van der Waals surface area contributed by atoms with Crippen molar-refractivity contribution in [2.75, 3.05) is 6.61 Å². The predicted molar refractivity (Wildman–Crippen MR) is 74.8 cm³/mol. The third kappa shape index (κ3) is 3.19. The quantitative estimate of drug-likeness (QED) is 0.860. The fraction of sp³-hybridized carbons (Fsp3) is 0.500. The second kappa shape index (κ2) is 5.18. The molecule has 0 radical (unpaired) electrons. The molecule has 1 aliphatic rings. The van der Waals surface area contributed by atoms with Crippen LogP contribution in [0.4, 0.5) is 0 Å². The fourth-order valence-electron chi connectivity index (χ4n) is 1.99. The van der Waals surface area contributed by atoms with Crippen molar-refractivity contribution in [2.45, 2.75) is 43.5 Å². The van der Waals surface area contributed by atoms with Crippen LogP contribution in [0.25, 0.3) is 0 Å². The number of rotatable bonds is 3. The number of carbonyl (C=O) groups excluding carboxylic acids is 1. The second-order valence-corrected chi connectivity index (χ2v) is 7.62. The lowest BCUT2D eigenvalue weighted by atomic mass is 9.87. The summed E-state index contributed by atoms with van der Waals surface area (Å²) in [6.45, 7) is 6.44. The number of hydrogen-bond donors (Lipinski definition) is 1. The zero-order valence-electron chi connectivity index (χ0n) is 11.8. The summed E-state index contributed by atoms with van der Waals surface area (Å²) in [5.41, 5.74) is 1.02. The van der Waals surface area contributed by atoms with Crippen molar-refractivity contribution in [1.29, 1.82) is 0 Å². The molecule has 6 heteroatoms. The summed E-state index contributed by atoms with van der Waals surface area (Å²) in [5, 5.41) is 0. The first-order chi connectivity index (χ1) is 9.20. The molecule has 0 aliphatic carbocycles. The van der Waals surface area contributed by atoms with E-state index in [1.807, 2.05) is 0 Å². The predicted octanol–water partition coefficient (Wildman–Crippen LogP) is 1.58. The smallest absolute Gasteiger partial charge is 0.324 e. The van der Waals surface area contributed by atoms with E-state index in [0.29, 0.717) is 6.42 Å². The van der Waals surface area contributed by atoms with Gasteiger partial charge in [0.1, 0.15) is 6.04 Å². The summed E-state index contributed by atoms with van der Waals surface area (Å²) in [7, 11) is -3.69. The molecule has 1 atom stereocenters. The van der Waals surface area contributed by atoms with E-state index in [1.165, 1.54) is 0 Å². The van der Waals surface area contributed by atoms with Crippen LogP contribution < -0.4 is 4.72 Å². The molecule has 110 valence electrons. The first-order valence-electron chi connectivity index (χ1n) is 6.50. The Morgan fingerprint density at radius 3 is 2.25 bits per heavy atom. The number of carbonyl (C=O) groups is 1. The molecule has 1 saturated heterocycles. The van der Waals surface area contributed by atoms with Gasteiger partial charge >= 0.3 is 5.97 Å². The summed E-state index contributed by atoms with van der Waals surface area (Å²) in [6.07, 6.45) is 0.373. The van der Waals surface area contributed by atoms with Crippen LogP contribution in [0.5, 0.6) is 0 Å². The highest BCUT2D eigenvalue weighted by Gasteiger charge is 2.31. The van der Waals surface area contributed by atoms with Crippen molar-refractivity contribution in [3.63, 3.8) is 0 Å². The van der Waals surface area contributed by atoms with Crippen LogP contribution in [0.2, 0.25) is 0 Å². The summed E-state index contributed by atoms with van der Waals surface area (Å²) in [6, 6.07) is 5.93. The summed E-state index contributed by atoms with van der Waals surface area (Å²) in [5.74, 6) is -0.514. The number of sulfonamides is 1. The van der Waals surface area contributed by atoms with Crippen LogP contribution in [0.15, 0.2) is 29.2 Å². The third-order valence-electron chi connectivity index (χ3n) is 3.26. The van der Waals surface area contributed by atoms with Gasteiger partial charge in [-0.3, -0.25) is 4.79 Å². The molecule has 0 bridgehead atoms. The van der Waals surface area contributed by atoms with Crippen molar-refractivity contribution in [3.05, 3.63) is 29.8 Å². The van der Waals surface area contributed by atoms with Gasteiger partial charge in [-0.25, -0.2) is 8.42 Å². The number of benzene rings is 1. The van der Waals surface area contributed by atoms with Gasteiger partial charge < -0.3 is 4.74 Å². The van der Waals surface area contributed by atoms with Crippen molar-refractivity contribution in [2.24, 2.45) is 0 Å². The molecule has 5 nitrogen and oxygen atoms in total. The molecule has 0 amide bonds.